The summed E-state index contributed by atoms with van der Waals surface area (Å²) in [7, 11) is 0. The highest BCUT2D eigenvalue weighted by atomic mass is 19.1. The lowest BCUT2D eigenvalue weighted by molar-refractivity contribution is -0.142. The molecule has 5 aromatic rings. The molecule has 0 spiro atoms. The van der Waals surface area contributed by atoms with E-state index >= 15 is 0 Å². The Balaban J connectivity index is 1.41. The minimum absolute atomic E-state index is 0.0928. The molecule has 232 valence electrons. The molecule has 0 radical (unpaired) electrons. The fraction of sp³-hybridized carbons (Fsp3) is 0.263. The molecule has 2 amide bonds. The van der Waals surface area contributed by atoms with Gasteiger partial charge in [-0.3, -0.25) is 9.59 Å². The largest absolute Gasteiger partial charge is 0.494 e. The van der Waals surface area contributed by atoms with Crippen LogP contribution in [0.2, 0.25) is 0 Å². The van der Waals surface area contributed by atoms with E-state index in [2.05, 4.69) is 11.1 Å². The van der Waals surface area contributed by atoms with E-state index in [1.807, 2.05) is 97.7 Å². The van der Waals surface area contributed by atoms with Crippen LogP contribution in [-0.4, -0.2) is 46.3 Å². The minimum atomic E-state index is -0.398. The Hall–Kier alpha value is -4.91. The van der Waals surface area contributed by atoms with Gasteiger partial charge in [-0.05, 0) is 72.4 Å². The summed E-state index contributed by atoms with van der Waals surface area (Å²) in [4.78, 5) is 35.1. The van der Waals surface area contributed by atoms with E-state index in [1.165, 1.54) is 12.1 Å². The van der Waals surface area contributed by atoms with E-state index < -0.39 is 5.92 Å². The van der Waals surface area contributed by atoms with Crippen LogP contribution in [0, 0.1) is 5.82 Å². The summed E-state index contributed by atoms with van der Waals surface area (Å²) in [6.07, 6.45) is 3.24. The van der Waals surface area contributed by atoms with Gasteiger partial charge < -0.3 is 19.5 Å². The Morgan fingerprint density at radius 1 is 0.800 bits per heavy atom. The maximum atomic E-state index is 14.2. The molecule has 0 bridgehead atoms. The first-order valence-corrected chi connectivity index (χ1v) is 15.6. The zero-order chi connectivity index (χ0) is 31.6. The number of hydrogen-bond donors (Lipinski definition) is 1. The second kappa shape index (κ2) is 15.2. The highest BCUT2D eigenvalue weighted by Gasteiger charge is 2.28. The summed E-state index contributed by atoms with van der Waals surface area (Å²) >= 11 is 0. The van der Waals surface area contributed by atoms with Gasteiger partial charge in [0.05, 0.1) is 12.5 Å². The number of para-hydroxylation sites is 1. The molecule has 1 N–H and O–H groups in total. The predicted molar refractivity (Wildman–Crippen MR) is 176 cm³/mol. The maximum absolute atomic E-state index is 14.2. The number of rotatable bonds is 14. The van der Waals surface area contributed by atoms with Crippen molar-refractivity contribution in [2.45, 2.75) is 45.7 Å². The zero-order valence-corrected chi connectivity index (χ0v) is 25.9. The number of fused-ring (bicyclic) bond motifs is 1. The summed E-state index contributed by atoms with van der Waals surface area (Å²) < 4.78 is 19.3. The van der Waals surface area contributed by atoms with Gasteiger partial charge in [0, 0.05) is 36.7 Å². The molecule has 7 heteroatoms. The van der Waals surface area contributed by atoms with Crippen LogP contribution < -0.4 is 4.74 Å². The first-order valence-electron chi connectivity index (χ1n) is 15.6. The van der Waals surface area contributed by atoms with Crippen molar-refractivity contribution in [3.63, 3.8) is 0 Å². The van der Waals surface area contributed by atoms with Crippen molar-refractivity contribution in [1.29, 1.82) is 0 Å². The lowest BCUT2D eigenvalue weighted by Crippen LogP contribution is -2.44. The Labute approximate surface area is 264 Å². The SMILES string of the molecule is CCOc1ccc(CN(CCc2c[nH]c3ccccc23)C(=O)CN(Cc2ccc(F)cc2)C(=O)C(CC)c2ccccc2)cc1. The number of benzene rings is 4. The number of amides is 2. The fourth-order valence-electron chi connectivity index (χ4n) is 5.71. The van der Waals surface area contributed by atoms with Crippen LogP contribution in [0.15, 0.2) is 109 Å². The van der Waals surface area contributed by atoms with Gasteiger partial charge in [-0.25, -0.2) is 4.39 Å². The van der Waals surface area contributed by atoms with Crippen LogP contribution in [0.4, 0.5) is 4.39 Å². The number of H-pyrrole nitrogens is 1. The van der Waals surface area contributed by atoms with Gasteiger partial charge in [-0.15, -0.1) is 0 Å². The Kier molecular flexibility index (Phi) is 10.6. The van der Waals surface area contributed by atoms with Gasteiger partial charge in [-0.1, -0.05) is 79.7 Å². The van der Waals surface area contributed by atoms with Crippen LogP contribution >= 0.6 is 0 Å². The minimum Gasteiger partial charge on any atom is -0.494 e. The van der Waals surface area contributed by atoms with Gasteiger partial charge in [-0.2, -0.15) is 0 Å². The zero-order valence-electron chi connectivity index (χ0n) is 25.9. The fourth-order valence-corrected chi connectivity index (χ4v) is 5.71. The number of nitrogens with one attached hydrogen (secondary N) is 1. The van der Waals surface area contributed by atoms with Gasteiger partial charge in [0.2, 0.25) is 11.8 Å². The number of carbonyl (C=O) groups is 2. The van der Waals surface area contributed by atoms with E-state index in [0.717, 1.165) is 38.9 Å². The number of carbonyl (C=O) groups excluding carboxylic acids is 2. The average molecular weight is 606 g/mol. The molecule has 1 heterocycles. The molecule has 6 nitrogen and oxygen atoms in total. The van der Waals surface area contributed by atoms with Crippen molar-refractivity contribution in [2.75, 3.05) is 19.7 Å². The quantitative estimate of drug-likeness (QED) is 0.143. The van der Waals surface area contributed by atoms with E-state index in [4.69, 9.17) is 4.74 Å². The molecule has 0 aliphatic carbocycles. The molecule has 5 rings (SSSR count). The lowest BCUT2D eigenvalue weighted by Gasteiger charge is -2.30. The van der Waals surface area contributed by atoms with Crippen LogP contribution in [0.1, 0.15) is 48.4 Å². The molecule has 0 aliphatic rings. The van der Waals surface area contributed by atoms with Gasteiger partial charge in [0.1, 0.15) is 18.1 Å². The molecule has 1 atom stereocenters. The molecule has 1 unspecified atom stereocenters. The van der Waals surface area contributed by atoms with Crippen molar-refractivity contribution in [3.8, 4) is 5.75 Å². The van der Waals surface area contributed by atoms with Crippen molar-refractivity contribution >= 4 is 22.7 Å². The second-order valence-electron chi connectivity index (χ2n) is 11.2. The van der Waals surface area contributed by atoms with E-state index in [-0.39, 0.29) is 30.7 Å². The lowest BCUT2D eigenvalue weighted by atomic mass is 9.94. The Morgan fingerprint density at radius 3 is 2.13 bits per heavy atom. The van der Waals surface area contributed by atoms with Gasteiger partial charge in [0.25, 0.3) is 0 Å². The third-order valence-electron chi connectivity index (χ3n) is 8.12. The maximum Gasteiger partial charge on any atom is 0.242 e. The second-order valence-corrected chi connectivity index (χ2v) is 11.2. The van der Waals surface area contributed by atoms with Crippen molar-refractivity contribution in [3.05, 3.63) is 137 Å². The molecule has 4 aromatic carbocycles. The standard InChI is InChI=1S/C38H40FN3O3/c1-3-34(30-10-6-5-7-11-30)38(44)42(26-28-14-18-32(39)19-15-28)27-37(43)41(25-29-16-20-33(21-17-29)45-4-2)23-22-31-24-40-36-13-9-8-12-35(31)36/h5-21,24,34,40H,3-4,22-23,25-27H2,1-2H3. The predicted octanol–water partition coefficient (Wildman–Crippen LogP) is 7.50. The first-order chi connectivity index (χ1) is 21.9. The number of ether oxygens (including phenoxy) is 1. The highest BCUT2D eigenvalue weighted by Crippen LogP contribution is 2.24. The molecule has 45 heavy (non-hydrogen) atoms. The van der Waals surface area contributed by atoms with Crippen LogP contribution in [-0.2, 0) is 29.1 Å². The molecule has 0 aliphatic heterocycles. The summed E-state index contributed by atoms with van der Waals surface area (Å²) in [6.45, 7) is 5.47. The molecule has 0 saturated heterocycles. The third-order valence-corrected chi connectivity index (χ3v) is 8.12. The van der Waals surface area contributed by atoms with E-state index in [9.17, 15) is 14.0 Å². The number of aromatic amines is 1. The molecular formula is C38H40FN3O3. The van der Waals surface area contributed by atoms with Crippen LogP contribution in [0.5, 0.6) is 5.75 Å². The Morgan fingerprint density at radius 2 is 1.44 bits per heavy atom. The summed E-state index contributed by atoms with van der Waals surface area (Å²) in [5.74, 6) is -0.242. The third kappa shape index (κ3) is 8.18. The highest BCUT2D eigenvalue weighted by molar-refractivity contribution is 5.89. The molecule has 1 aromatic heterocycles. The number of aromatic nitrogens is 1. The molecular weight excluding hydrogens is 565 g/mol. The van der Waals surface area contributed by atoms with Crippen LogP contribution in [0.3, 0.4) is 0 Å². The molecule has 0 saturated carbocycles. The summed E-state index contributed by atoms with van der Waals surface area (Å²) in [6, 6.07) is 31.7. The number of hydrogen-bond acceptors (Lipinski definition) is 3. The molecule has 0 fully saturated rings. The van der Waals surface area contributed by atoms with Crippen molar-refractivity contribution < 1.29 is 18.7 Å². The van der Waals surface area contributed by atoms with Crippen molar-refractivity contribution in [1.82, 2.24) is 14.8 Å². The van der Waals surface area contributed by atoms with Crippen molar-refractivity contribution in [2.24, 2.45) is 0 Å². The normalized spacial score (nSPS) is 11.7. The van der Waals surface area contributed by atoms with Gasteiger partial charge in [0.15, 0.2) is 0 Å². The summed E-state index contributed by atoms with van der Waals surface area (Å²) in [5, 5.41) is 1.13. The average Bonchev–Trinajstić information content (AvgIpc) is 3.48. The smallest absolute Gasteiger partial charge is 0.242 e. The first kappa shape index (κ1) is 31.5. The summed E-state index contributed by atoms with van der Waals surface area (Å²) in [5.41, 5.74) is 4.83. The van der Waals surface area contributed by atoms with E-state index in [0.29, 0.717) is 32.5 Å². The monoisotopic (exact) mass is 605 g/mol. The van der Waals surface area contributed by atoms with Gasteiger partial charge >= 0.3 is 0 Å². The Bertz CT molecular complexity index is 1680. The topological polar surface area (TPSA) is 65.6 Å². The van der Waals surface area contributed by atoms with E-state index in [1.54, 1.807) is 17.0 Å². The number of halogens is 1. The number of nitrogens with zero attached hydrogens (tertiary/aromatic N) is 2. The van der Waals surface area contributed by atoms with Crippen LogP contribution in [0.25, 0.3) is 10.9 Å².